The highest BCUT2D eigenvalue weighted by atomic mass is 16.6. The molecule has 1 fully saturated rings. The summed E-state index contributed by atoms with van der Waals surface area (Å²) >= 11 is 0. The summed E-state index contributed by atoms with van der Waals surface area (Å²) in [6.45, 7) is 5.54. The lowest BCUT2D eigenvalue weighted by Crippen LogP contribution is -2.44. The van der Waals surface area contributed by atoms with Gasteiger partial charge in [0.05, 0.1) is 6.61 Å². The molecule has 2 heterocycles. The van der Waals surface area contributed by atoms with Crippen molar-refractivity contribution in [2.45, 2.75) is 51.4 Å². The zero-order chi connectivity index (χ0) is 18.1. The molecule has 2 rings (SSSR count). The van der Waals surface area contributed by atoms with Crippen LogP contribution in [0.15, 0.2) is 24.4 Å². The molecule has 1 aliphatic heterocycles. The van der Waals surface area contributed by atoms with Crippen LogP contribution in [-0.2, 0) is 25.5 Å². The minimum atomic E-state index is -0.751. The number of nitrogens with one attached hydrogen (secondary N) is 2. The Hall–Kier alpha value is -1.99. The van der Waals surface area contributed by atoms with Crippen LogP contribution in [0.3, 0.4) is 0 Å². The third kappa shape index (κ3) is 6.43. The summed E-state index contributed by atoms with van der Waals surface area (Å²) in [5, 5.41) is 6.31. The Labute approximate surface area is 148 Å². The van der Waals surface area contributed by atoms with Gasteiger partial charge in [-0.1, -0.05) is 19.4 Å². The molecule has 7 heteroatoms. The standard InChI is InChI=1S/C18H27N3O4/c1-3-7-14(12-19-11-9-13-8-5-6-10-20-13)21-17(22)15-16(25-15)18(23)24-4-2/h5-6,8,10,14-16,19H,3-4,7,9,11-12H2,1-2H3,(H,21,22)/t14-,15?,16?/m0/s1. The summed E-state index contributed by atoms with van der Waals surface area (Å²) in [6.07, 6.45) is 2.97. The highest BCUT2D eigenvalue weighted by molar-refractivity contribution is 5.92. The van der Waals surface area contributed by atoms with Crippen molar-refractivity contribution in [3.63, 3.8) is 0 Å². The molecule has 2 N–H and O–H groups in total. The van der Waals surface area contributed by atoms with Gasteiger partial charge in [-0.05, 0) is 25.5 Å². The van der Waals surface area contributed by atoms with Gasteiger partial charge in [-0.2, -0.15) is 0 Å². The number of carbonyl (C=O) groups excluding carboxylic acids is 2. The highest BCUT2D eigenvalue weighted by Gasteiger charge is 2.51. The van der Waals surface area contributed by atoms with Crippen LogP contribution in [0.4, 0.5) is 0 Å². The van der Waals surface area contributed by atoms with E-state index in [9.17, 15) is 9.59 Å². The Bertz CT molecular complexity index is 553. The summed E-state index contributed by atoms with van der Waals surface area (Å²) in [4.78, 5) is 28.0. The molecule has 1 aromatic heterocycles. The Kier molecular flexibility index (Phi) is 7.81. The average molecular weight is 349 g/mol. The summed E-state index contributed by atoms with van der Waals surface area (Å²) in [6, 6.07) is 5.87. The molecule has 0 aromatic carbocycles. The van der Waals surface area contributed by atoms with E-state index < -0.39 is 18.2 Å². The maximum absolute atomic E-state index is 12.2. The molecule has 0 radical (unpaired) electrons. The van der Waals surface area contributed by atoms with E-state index in [-0.39, 0.29) is 18.6 Å². The van der Waals surface area contributed by atoms with E-state index in [0.29, 0.717) is 6.54 Å². The lowest BCUT2D eigenvalue weighted by molar-refractivity contribution is -0.144. The van der Waals surface area contributed by atoms with Gasteiger partial charge in [-0.25, -0.2) is 4.79 Å². The summed E-state index contributed by atoms with van der Waals surface area (Å²) in [5.74, 6) is -0.716. The van der Waals surface area contributed by atoms with Crippen LogP contribution < -0.4 is 10.6 Å². The van der Waals surface area contributed by atoms with Crippen LogP contribution in [0.5, 0.6) is 0 Å². The minimum Gasteiger partial charge on any atom is -0.464 e. The molecule has 2 unspecified atom stereocenters. The van der Waals surface area contributed by atoms with Crippen molar-refractivity contribution in [3.8, 4) is 0 Å². The molecule has 3 atom stereocenters. The number of nitrogens with zero attached hydrogens (tertiary/aromatic N) is 1. The van der Waals surface area contributed by atoms with Gasteiger partial charge in [-0.3, -0.25) is 9.78 Å². The number of pyridine rings is 1. The third-order valence-corrected chi connectivity index (χ3v) is 3.93. The fraction of sp³-hybridized carbons (Fsp3) is 0.611. The minimum absolute atomic E-state index is 0.00766. The number of aromatic nitrogens is 1. The first-order chi connectivity index (χ1) is 12.2. The third-order valence-electron chi connectivity index (χ3n) is 3.93. The van der Waals surface area contributed by atoms with Gasteiger partial charge in [0.1, 0.15) is 0 Å². The van der Waals surface area contributed by atoms with Crippen molar-refractivity contribution in [2.75, 3.05) is 19.7 Å². The zero-order valence-electron chi connectivity index (χ0n) is 14.9. The molecule has 1 aromatic rings. The molecular formula is C18H27N3O4. The van der Waals surface area contributed by atoms with Crippen molar-refractivity contribution in [2.24, 2.45) is 0 Å². The van der Waals surface area contributed by atoms with Crippen LogP contribution >= 0.6 is 0 Å². The van der Waals surface area contributed by atoms with Crippen molar-refractivity contribution >= 4 is 11.9 Å². The van der Waals surface area contributed by atoms with E-state index in [2.05, 4.69) is 22.5 Å². The first-order valence-electron chi connectivity index (χ1n) is 8.88. The molecule has 1 aliphatic rings. The number of ether oxygens (including phenoxy) is 2. The molecule has 7 nitrogen and oxygen atoms in total. The molecular weight excluding hydrogens is 322 g/mol. The maximum Gasteiger partial charge on any atom is 0.338 e. The molecule has 138 valence electrons. The molecule has 0 aliphatic carbocycles. The molecule has 1 amide bonds. The Morgan fingerprint density at radius 2 is 2.16 bits per heavy atom. The van der Waals surface area contributed by atoms with Crippen LogP contribution in [0.1, 0.15) is 32.4 Å². The van der Waals surface area contributed by atoms with Crippen LogP contribution in [0.2, 0.25) is 0 Å². The SMILES string of the molecule is CCC[C@@H](CNCCc1ccccn1)NC(=O)C1OC1C(=O)OCC. The summed E-state index contributed by atoms with van der Waals surface area (Å²) in [7, 11) is 0. The van der Waals surface area contributed by atoms with Crippen molar-refractivity contribution in [1.82, 2.24) is 15.6 Å². The van der Waals surface area contributed by atoms with Gasteiger partial charge in [0.25, 0.3) is 5.91 Å². The van der Waals surface area contributed by atoms with Gasteiger partial charge in [0, 0.05) is 37.4 Å². The van der Waals surface area contributed by atoms with E-state index >= 15 is 0 Å². The van der Waals surface area contributed by atoms with Crippen molar-refractivity contribution in [3.05, 3.63) is 30.1 Å². The monoisotopic (exact) mass is 349 g/mol. The Balaban J connectivity index is 1.69. The fourth-order valence-corrected chi connectivity index (χ4v) is 2.61. The number of esters is 1. The molecule has 0 bridgehead atoms. The lowest BCUT2D eigenvalue weighted by Gasteiger charge is -2.18. The van der Waals surface area contributed by atoms with Crippen molar-refractivity contribution < 1.29 is 19.1 Å². The van der Waals surface area contributed by atoms with E-state index in [1.54, 1.807) is 13.1 Å². The topological polar surface area (TPSA) is 92.9 Å². The summed E-state index contributed by atoms with van der Waals surface area (Å²) in [5.41, 5.74) is 1.04. The highest BCUT2D eigenvalue weighted by Crippen LogP contribution is 2.23. The first-order valence-corrected chi connectivity index (χ1v) is 8.88. The second kappa shape index (κ2) is 10.1. The number of amides is 1. The first kappa shape index (κ1) is 19.3. The van der Waals surface area contributed by atoms with E-state index in [1.807, 2.05) is 18.2 Å². The van der Waals surface area contributed by atoms with E-state index in [0.717, 1.165) is 31.5 Å². The van der Waals surface area contributed by atoms with Crippen LogP contribution in [0, 0.1) is 0 Å². The Morgan fingerprint density at radius 3 is 2.84 bits per heavy atom. The Morgan fingerprint density at radius 1 is 1.32 bits per heavy atom. The number of carbonyl (C=O) groups is 2. The maximum atomic E-state index is 12.2. The largest absolute Gasteiger partial charge is 0.464 e. The normalized spacial score (nSPS) is 19.9. The smallest absolute Gasteiger partial charge is 0.338 e. The van der Waals surface area contributed by atoms with Crippen LogP contribution in [0.25, 0.3) is 0 Å². The van der Waals surface area contributed by atoms with Crippen molar-refractivity contribution in [1.29, 1.82) is 0 Å². The second-order valence-electron chi connectivity index (χ2n) is 6.00. The predicted octanol–water partition coefficient (Wildman–Crippen LogP) is 0.829. The average Bonchev–Trinajstić information content (AvgIpc) is 3.41. The van der Waals surface area contributed by atoms with E-state index in [4.69, 9.17) is 9.47 Å². The number of epoxide rings is 1. The summed E-state index contributed by atoms with van der Waals surface area (Å²) < 4.78 is 10.00. The predicted molar refractivity (Wildman–Crippen MR) is 92.9 cm³/mol. The van der Waals surface area contributed by atoms with Gasteiger partial charge in [0.15, 0.2) is 12.2 Å². The van der Waals surface area contributed by atoms with Crippen LogP contribution in [-0.4, -0.2) is 54.8 Å². The number of rotatable bonds is 11. The molecule has 25 heavy (non-hydrogen) atoms. The zero-order valence-corrected chi connectivity index (χ0v) is 14.9. The van der Waals surface area contributed by atoms with Gasteiger partial charge < -0.3 is 20.1 Å². The molecule has 0 saturated carbocycles. The number of hydrogen-bond donors (Lipinski definition) is 2. The van der Waals surface area contributed by atoms with Gasteiger partial charge in [0.2, 0.25) is 0 Å². The molecule has 1 saturated heterocycles. The lowest BCUT2D eigenvalue weighted by atomic mass is 10.1. The quantitative estimate of drug-likeness (QED) is 0.349. The molecule has 0 spiro atoms. The van der Waals surface area contributed by atoms with Gasteiger partial charge >= 0.3 is 5.97 Å². The van der Waals surface area contributed by atoms with E-state index in [1.165, 1.54) is 0 Å². The van der Waals surface area contributed by atoms with Gasteiger partial charge in [-0.15, -0.1) is 0 Å². The number of hydrogen-bond acceptors (Lipinski definition) is 6. The second-order valence-corrected chi connectivity index (χ2v) is 6.00. The fourth-order valence-electron chi connectivity index (χ4n) is 2.61.